The van der Waals surface area contributed by atoms with E-state index in [4.69, 9.17) is 5.11 Å². The lowest BCUT2D eigenvalue weighted by molar-refractivity contribution is 0.0691. The molecule has 0 spiro atoms. The van der Waals surface area contributed by atoms with E-state index < -0.39 is 5.97 Å². The lowest BCUT2D eigenvalue weighted by Crippen LogP contribution is -2.16. The lowest BCUT2D eigenvalue weighted by Gasteiger charge is -2.10. The summed E-state index contributed by atoms with van der Waals surface area (Å²) in [5.41, 5.74) is 0.143. The summed E-state index contributed by atoms with van der Waals surface area (Å²) in [6, 6.07) is 0. The highest BCUT2D eigenvalue weighted by molar-refractivity contribution is 7.09. The van der Waals surface area contributed by atoms with E-state index in [9.17, 15) is 4.79 Å². The molecule has 13 heavy (non-hydrogen) atoms. The van der Waals surface area contributed by atoms with E-state index in [1.165, 1.54) is 11.3 Å². The van der Waals surface area contributed by atoms with Gasteiger partial charge in [0.05, 0.1) is 6.54 Å². The number of aromatic nitrogens is 1. The van der Waals surface area contributed by atoms with Crippen molar-refractivity contribution in [3.05, 3.63) is 16.1 Å². The van der Waals surface area contributed by atoms with Gasteiger partial charge in [-0.1, -0.05) is 6.92 Å². The molecule has 72 valence electrons. The first-order valence-electron chi connectivity index (χ1n) is 3.99. The minimum Gasteiger partial charge on any atom is -0.476 e. The highest BCUT2D eigenvalue weighted by atomic mass is 32.1. The summed E-state index contributed by atoms with van der Waals surface area (Å²) in [5.74, 6) is -0.957. The average Bonchev–Trinajstić information content (AvgIpc) is 2.52. The molecule has 4 nitrogen and oxygen atoms in total. The number of carboxylic acid groups (broad SMARTS) is 1. The summed E-state index contributed by atoms with van der Waals surface area (Å²) in [6.45, 7) is 3.70. The topological polar surface area (TPSA) is 53.4 Å². The van der Waals surface area contributed by atoms with Crippen LogP contribution >= 0.6 is 11.3 Å². The zero-order chi connectivity index (χ0) is 9.84. The molecule has 1 heterocycles. The van der Waals surface area contributed by atoms with Crippen molar-refractivity contribution in [3.63, 3.8) is 0 Å². The molecule has 0 aliphatic carbocycles. The van der Waals surface area contributed by atoms with Gasteiger partial charge in [-0.15, -0.1) is 11.3 Å². The van der Waals surface area contributed by atoms with E-state index in [1.54, 1.807) is 5.38 Å². The van der Waals surface area contributed by atoms with E-state index in [1.807, 2.05) is 14.0 Å². The van der Waals surface area contributed by atoms with Gasteiger partial charge < -0.3 is 5.11 Å². The Bertz CT molecular complexity index is 298. The lowest BCUT2D eigenvalue weighted by atomic mass is 10.5. The van der Waals surface area contributed by atoms with Crippen LogP contribution < -0.4 is 0 Å². The second-order valence-electron chi connectivity index (χ2n) is 2.76. The first kappa shape index (κ1) is 10.1. The summed E-state index contributed by atoms with van der Waals surface area (Å²) in [5, 5.41) is 11.0. The molecule has 5 heteroatoms. The average molecular weight is 200 g/mol. The Morgan fingerprint density at radius 1 is 1.77 bits per heavy atom. The first-order chi connectivity index (χ1) is 6.13. The van der Waals surface area contributed by atoms with E-state index in [0.29, 0.717) is 6.54 Å². The molecule has 1 aromatic rings. The van der Waals surface area contributed by atoms with Crippen molar-refractivity contribution in [2.75, 3.05) is 13.6 Å². The number of carbonyl (C=O) groups is 1. The summed E-state index contributed by atoms with van der Waals surface area (Å²) in [4.78, 5) is 16.5. The van der Waals surface area contributed by atoms with Gasteiger partial charge in [-0.3, -0.25) is 4.90 Å². The number of hydrogen-bond donors (Lipinski definition) is 1. The van der Waals surface area contributed by atoms with Crippen molar-refractivity contribution in [1.29, 1.82) is 0 Å². The SMILES string of the molecule is CCN(C)Cc1nc(C(=O)O)cs1. The van der Waals surface area contributed by atoms with Crippen molar-refractivity contribution in [3.8, 4) is 0 Å². The molecule has 0 atom stereocenters. The van der Waals surface area contributed by atoms with Gasteiger partial charge in [0.2, 0.25) is 0 Å². The minimum atomic E-state index is -0.957. The molecule has 0 saturated heterocycles. The minimum absolute atomic E-state index is 0.143. The Morgan fingerprint density at radius 3 is 2.92 bits per heavy atom. The van der Waals surface area contributed by atoms with Crippen LogP contribution in [0.1, 0.15) is 22.4 Å². The maximum Gasteiger partial charge on any atom is 0.355 e. The Balaban J connectivity index is 2.64. The molecule has 0 aromatic carbocycles. The van der Waals surface area contributed by atoms with Crippen LogP contribution in [-0.2, 0) is 6.54 Å². The molecule has 0 fully saturated rings. The van der Waals surface area contributed by atoms with Crippen LogP contribution in [-0.4, -0.2) is 34.6 Å². The standard InChI is InChI=1S/C8H12N2O2S/c1-3-10(2)4-7-9-6(5-13-7)8(11)12/h5H,3-4H2,1-2H3,(H,11,12). The zero-order valence-corrected chi connectivity index (χ0v) is 8.47. The fourth-order valence-electron chi connectivity index (χ4n) is 0.824. The first-order valence-corrected chi connectivity index (χ1v) is 4.87. The summed E-state index contributed by atoms with van der Waals surface area (Å²) >= 11 is 1.39. The maximum atomic E-state index is 10.5. The van der Waals surface area contributed by atoms with Gasteiger partial charge in [-0.05, 0) is 13.6 Å². The predicted molar refractivity (Wildman–Crippen MR) is 51.1 cm³/mol. The molecule has 0 aliphatic heterocycles. The smallest absolute Gasteiger partial charge is 0.355 e. The predicted octanol–water partition coefficient (Wildman–Crippen LogP) is 1.29. The number of aromatic carboxylic acids is 1. The molecule has 1 rings (SSSR count). The molecule has 1 aromatic heterocycles. The van der Waals surface area contributed by atoms with Crippen molar-refractivity contribution in [2.45, 2.75) is 13.5 Å². The molecular weight excluding hydrogens is 188 g/mol. The summed E-state index contributed by atoms with van der Waals surface area (Å²) in [6.07, 6.45) is 0. The van der Waals surface area contributed by atoms with Crippen LogP contribution in [0.2, 0.25) is 0 Å². The van der Waals surface area contributed by atoms with Gasteiger partial charge in [0, 0.05) is 5.38 Å². The van der Waals surface area contributed by atoms with Crippen LogP contribution in [0, 0.1) is 0 Å². The quantitative estimate of drug-likeness (QED) is 0.795. The van der Waals surface area contributed by atoms with E-state index in [-0.39, 0.29) is 5.69 Å². The van der Waals surface area contributed by atoms with Gasteiger partial charge in [-0.2, -0.15) is 0 Å². The molecule has 0 bridgehead atoms. The van der Waals surface area contributed by atoms with Crippen molar-refractivity contribution < 1.29 is 9.90 Å². The summed E-state index contributed by atoms with van der Waals surface area (Å²) < 4.78 is 0. The fourth-order valence-corrected chi connectivity index (χ4v) is 1.67. The third kappa shape index (κ3) is 2.78. The van der Waals surface area contributed by atoms with E-state index in [2.05, 4.69) is 9.88 Å². The molecular formula is C8H12N2O2S. The number of nitrogens with zero attached hydrogens (tertiary/aromatic N) is 2. The maximum absolute atomic E-state index is 10.5. The number of rotatable bonds is 4. The van der Waals surface area contributed by atoms with Crippen molar-refractivity contribution >= 4 is 17.3 Å². The molecule has 0 saturated carbocycles. The fraction of sp³-hybridized carbons (Fsp3) is 0.500. The van der Waals surface area contributed by atoms with Crippen LogP contribution in [0.3, 0.4) is 0 Å². The molecule has 0 unspecified atom stereocenters. The van der Waals surface area contributed by atoms with Crippen LogP contribution in [0.15, 0.2) is 5.38 Å². The van der Waals surface area contributed by atoms with Gasteiger partial charge in [0.15, 0.2) is 5.69 Å². The third-order valence-electron chi connectivity index (χ3n) is 1.72. The Morgan fingerprint density at radius 2 is 2.46 bits per heavy atom. The number of thiazole rings is 1. The molecule has 1 N–H and O–H groups in total. The molecule has 0 amide bonds. The summed E-state index contributed by atoms with van der Waals surface area (Å²) in [7, 11) is 1.97. The number of hydrogen-bond acceptors (Lipinski definition) is 4. The van der Waals surface area contributed by atoms with Crippen LogP contribution in [0.25, 0.3) is 0 Å². The van der Waals surface area contributed by atoms with Gasteiger partial charge >= 0.3 is 5.97 Å². The monoisotopic (exact) mass is 200 g/mol. The zero-order valence-electron chi connectivity index (χ0n) is 7.65. The molecule has 0 aliphatic rings. The second-order valence-corrected chi connectivity index (χ2v) is 3.70. The third-order valence-corrected chi connectivity index (χ3v) is 2.55. The van der Waals surface area contributed by atoms with Crippen molar-refractivity contribution in [1.82, 2.24) is 9.88 Å². The largest absolute Gasteiger partial charge is 0.476 e. The Labute approximate surface area is 80.8 Å². The highest BCUT2D eigenvalue weighted by Gasteiger charge is 2.09. The van der Waals surface area contributed by atoms with Gasteiger partial charge in [0.25, 0.3) is 0 Å². The van der Waals surface area contributed by atoms with Gasteiger partial charge in [-0.25, -0.2) is 9.78 Å². The highest BCUT2D eigenvalue weighted by Crippen LogP contribution is 2.11. The Hall–Kier alpha value is -0.940. The van der Waals surface area contributed by atoms with Gasteiger partial charge in [0.1, 0.15) is 5.01 Å². The second kappa shape index (κ2) is 4.34. The normalized spacial score (nSPS) is 10.7. The van der Waals surface area contributed by atoms with E-state index in [0.717, 1.165) is 11.6 Å². The Kier molecular flexibility index (Phi) is 3.39. The van der Waals surface area contributed by atoms with Crippen molar-refractivity contribution in [2.24, 2.45) is 0 Å². The molecule has 0 radical (unpaired) electrons. The van der Waals surface area contributed by atoms with Crippen LogP contribution in [0.5, 0.6) is 0 Å². The number of carboxylic acids is 1. The van der Waals surface area contributed by atoms with Crippen LogP contribution in [0.4, 0.5) is 0 Å². The van der Waals surface area contributed by atoms with E-state index >= 15 is 0 Å².